The summed E-state index contributed by atoms with van der Waals surface area (Å²) in [7, 11) is -3.88. The van der Waals surface area contributed by atoms with Crippen molar-refractivity contribution in [2.45, 2.75) is 18.7 Å². The van der Waals surface area contributed by atoms with Crippen molar-refractivity contribution < 1.29 is 13.2 Å². The van der Waals surface area contributed by atoms with E-state index < -0.39 is 15.9 Å². The van der Waals surface area contributed by atoms with Gasteiger partial charge in [0, 0.05) is 11.8 Å². The summed E-state index contributed by atoms with van der Waals surface area (Å²) < 4.78 is 27.6. The number of hydrogen-bond donors (Lipinski definition) is 2. The lowest BCUT2D eigenvalue weighted by molar-refractivity contribution is -0.117. The molecule has 2 aromatic carbocycles. The fourth-order valence-corrected chi connectivity index (χ4v) is 5.65. The standard InChI is InChI=1S/C21H18N4O3S3/c1-13(23-24-21-22-17-8-3-4-9-20(17)30-21)18-10-11-19(29-18)15-6-5-7-16(12-15)31(27,28)25-14(2)26/h3-12H,1-2H3,(H,22,24)(H,25,26)/b23-13+. The van der Waals surface area contributed by atoms with Gasteiger partial charge in [0.15, 0.2) is 0 Å². The minimum absolute atomic E-state index is 0.0399. The van der Waals surface area contributed by atoms with Gasteiger partial charge in [-0.25, -0.2) is 18.1 Å². The Morgan fingerprint density at radius 3 is 2.58 bits per heavy atom. The molecule has 4 aromatic rings. The van der Waals surface area contributed by atoms with Crippen LogP contribution in [0.5, 0.6) is 0 Å². The predicted octanol–water partition coefficient (Wildman–Crippen LogP) is 4.69. The first-order valence-electron chi connectivity index (χ1n) is 9.22. The van der Waals surface area contributed by atoms with Gasteiger partial charge in [-0.05, 0) is 48.9 Å². The van der Waals surface area contributed by atoms with E-state index in [9.17, 15) is 13.2 Å². The Balaban J connectivity index is 1.54. The van der Waals surface area contributed by atoms with E-state index in [1.807, 2.05) is 54.1 Å². The van der Waals surface area contributed by atoms with Crippen molar-refractivity contribution in [2.75, 3.05) is 5.43 Å². The van der Waals surface area contributed by atoms with Crippen LogP contribution < -0.4 is 10.1 Å². The maximum absolute atomic E-state index is 12.3. The number of hydrogen-bond acceptors (Lipinski definition) is 8. The number of para-hydroxylation sites is 1. The van der Waals surface area contributed by atoms with E-state index in [4.69, 9.17) is 0 Å². The summed E-state index contributed by atoms with van der Waals surface area (Å²) >= 11 is 3.03. The lowest BCUT2D eigenvalue weighted by Crippen LogP contribution is -2.28. The van der Waals surface area contributed by atoms with Crippen molar-refractivity contribution in [2.24, 2.45) is 5.10 Å². The molecule has 2 aromatic heterocycles. The van der Waals surface area contributed by atoms with Gasteiger partial charge < -0.3 is 0 Å². The maximum atomic E-state index is 12.3. The summed E-state index contributed by atoms with van der Waals surface area (Å²) in [6.45, 7) is 3.06. The molecule has 0 saturated carbocycles. The van der Waals surface area contributed by atoms with Gasteiger partial charge in [0.05, 0.1) is 25.7 Å². The molecule has 0 radical (unpaired) electrons. The zero-order valence-corrected chi connectivity index (χ0v) is 19.1. The Morgan fingerprint density at radius 1 is 1.00 bits per heavy atom. The number of rotatable bonds is 6. The highest BCUT2D eigenvalue weighted by atomic mass is 32.2. The summed E-state index contributed by atoms with van der Waals surface area (Å²) in [4.78, 5) is 17.5. The van der Waals surface area contributed by atoms with Gasteiger partial charge in [0.2, 0.25) is 11.0 Å². The second-order valence-electron chi connectivity index (χ2n) is 6.65. The van der Waals surface area contributed by atoms with Crippen LogP contribution in [0.3, 0.4) is 0 Å². The average Bonchev–Trinajstić information content (AvgIpc) is 3.38. The zero-order valence-electron chi connectivity index (χ0n) is 16.6. The number of thiophene rings is 1. The number of sulfonamides is 1. The van der Waals surface area contributed by atoms with Crippen LogP contribution in [0.15, 0.2) is 70.7 Å². The van der Waals surface area contributed by atoms with Crippen molar-refractivity contribution in [3.8, 4) is 10.4 Å². The van der Waals surface area contributed by atoms with Crippen molar-refractivity contribution in [1.29, 1.82) is 0 Å². The van der Waals surface area contributed by atoms with Crippen LogP contribution in [-0.2, 0) is 14.8 Å². The van der Waals surface area contributed by atoms with E-state index in [2.05, 4.69) is 15.5 Å². The summed E-state index contributed by atoms with van der Waals surface area (Å²) in [6.07, 6.45) is 0. The van der Waals surface area contributed by atoms with Crippen LogP contribution >= 0.6 is 22.7 Å². The second kappa shape index (κ2) is 8.58. The predicted molar refractivity (Wildman–Crippen MR) is 126 cm³/mol. The fraction of sp³-hybridized carbons (Fsp3) is 0.0952. The van der Waals surface area contributed by atoms with Gasteiger partial charge in [0.1, 0.15) is 0 Å². The third-order valence-corrected chi connectivity index (χ3v) is 7.90. The number of benzene rings is 2. The van der Waals surface area contributed by atoms with Crippen LogP contribution in [0.25, 0.3) is 20.7 Å². The topological polar surface area (TPSA) is 101 Å². The van der Waals surface area contributed by atoms with E-state index in [0.717, 1.165) is 38.2 Å². The van der Waals surface area contributed by atoms with Crippen molar-refractivity contribution >= 4 is 59.7 Å². The number of anilines is 1. The third-order valence-electron chi connectivity index (χ3n) is 4.28. The van der Waals surface area contributed by atoms with Gasteiger partial charge in [-0.2, -0.15) is 5.10 Å². The summed E-state index contributed by atoms with van der Waals surface area (Å²) in [5, 5.41) is 5.15. The minimum Gasteiger partial charge on any atom is -0.274 e. The molecule has 0 unspecified atom stereocenters. The van der Waals surface area contributed by atoms with Gasteiger partial charge in [0.25, 0.3) is 10.0 Å². The first-order chi connectivity index (χ1) is 14.8. The molecule has 0 bridgehead atoms. The molecule has 31 heavy (non-hydrogen) atoms. The average molecular weight is 471 g/mol. The highest BCUT2D eigenvalue weighted by molar-refractivity contribution is 7.90. The molecule has 2 heterocycles. The number of thiazole rings is 1. The lowest BCUT2D eigenvalue weighted by Gasteiger charge is -2.06. The third kappa shape index (κ3) is 4.82. The smallest absolute Gasteiger partial charge is 0.264 e. The Kier molecular flexibility index (Phi) is 5.86. The largest absolute Gasteiger partial charge is 0.274 e. The van der Waals surface area contributed by atoms with Gasteiger partial charge in [-0.3, -0.25) is 10.2 Å². The molecule has 7 nitrogen and oxygen atoms in total. The Labute approximate surface area is 187 Å². The number of hydrazone groups is 1. The van der Waals surface area contributed by atoms with Gasteiger partial charge in [-0.15, -0.1) is 11.3 Å². The summed E-state index contributed by atoms with van der Waals surface area (Å²) in [5.41, 5.74) is 5.47. The first kappa shape index (κ1) is 21.2. The normalized spacial score (nSPS) is 12.1. The molecule has 10 heteroatoms. The lowest BCUT2D eigenvalue weighted by atomic mass is 10.2. The van der Waals surface area contributed by atoms with Crippen LogP contribution in [0.1, 0.15) is 18.7 Å². The fourth-order valence-electron chi connectivity index (χ4n) is 2.86. The molecule has 1 amide bonds. The molecule has 4 rings (SSSR count). The molecular formula is C21H18N4O3S3. The van der Waals surface area contributed by atoms with Crippen LogP contribution in [0.4, 0.5) is 5.13 Å². The van der Waals surface area contributed by atoms with Crippen molar-refractivity contribution in [3.05, 3.63) is 65.5 Å². The molecule has 0 spiro atoms. The van der Waals surface area contributed by atoms with Crippen LogP contribution in [-0.4, -0.2) is 25.0 Å². The molecule has 0 atom stereocenters. The molecule has 0 aliphatic carbocycles. The van der Waals surface area contributed by atoms with E-state index in [-0.39, 0.29) is 4.90 Å². The molecular weight excluding hydrogens is 452 g/mol. The Morgan fingerprint density at radius 2 is 1.81 bits per heavy atom. The molecule has 158 valence electrons. The minimum atomic E-state index is -3.88. The zero-order chi connectivity index (χ0) is 22.0. The van der Waals surface area contributed by atoms with Gasteiger partial charge >= 0.3 is 0 Å². The highest BCUT2D eigenvalue weighted by Gasteiger charge is 2.16. The second-order valence-corrected chi connectivity index (χ2v) is 10.4. The first-order valence-corrected chi connectivity index (χ1v) is 12.3. The number of carbonyl (C=O) groups excluding carboxylic acids is 1. The number of aromatic nitrogens is 1. The van der Waals surface area contributed by atoms with Crippen LogP contribution in [0, 0.1) is 0 Å². The van der Waals surface area contributed by atoms with E-state index >= 15 is 0 Å². The monoisotopic (exact) mass is 470 g/mol. The number of amides is 1. The number of fused-ring (bicyclic) bond motifs is 1. The Bertz CT molecular complexity index is 1370. The number of carbonyl (C=O) groups is 1. The van der Waals surface area contributed by atoms with E-state index in [1.165, 1.54) is 28.7 Å². The SMILES string of the molecule is CC(=O)NS(=O)(=O)c1cccc(-c2ccc(/C(C)=N/Nc3nc4ccccc4s3)s2)c1. The highest BCUT2D eigenvalue weighted by Crippen LogP contribution is 2.30. The summed E-state index contributed by atoms with van der Waals surface area (Å²) in [5.74, 6) is -0.628. The van der Waals surface area contributed by atoms with Crippen LogP contribution in [0.2, 0.25) is 0 Å². The molecule has 0 saturated heterocycles. The Hall–Kier alpha value is -3.08. The summed E-state index contributed by atoms with van der Waals surface area (Å²) in [6, 6.07) is 18.2. The van der Waals surface area contributed by atoms with Crippen molar-refractivity contribution in [3.63, 3.8) is 0 Å². The molecule has 0 aliphatic heterocycles. The molecule has 0 aliphatic rings. The number of nitrogens with zero attached hydrogens (tertiary/aromatic N) is 2. The molecule has 2 N–H and O–H groups in total. The van der Waals surface area contributed by atoms with Gasteiger partial charge in [-0.1, -0.05) is 35.6 Å². The van der Waals surface area contributed by atoms with Crippen molar-refractivity contribution in [1.82, 2.24) is 9.71 Å². The quantitative estimate of drug-likeness (QED) is 0.315. The molecule has 0 fully saturated rings. The van der Waals surface area contributed by atoms with E-state index in [1.54, 1.807) is 12.1 Å². The van der Waals surface area contributed by atoms with E-state index in [0.29, 0.717) is 5.13 Å². The number of nitrogens with one attached hydrogen (secondary N) is 2. The maximum Gasteiger partial charge on any atom is 0.264 e.